The molecule has 0 saturated heterocycles. The lowest BCUT2D eigenvalue weighted by Crippen LogP contribution is -1.91. The van der Waals surface area contributed by atoms with Crippen LogP contribution in [0.1, 0.15) is 40.0 Å². The molecule has 94 valence electrons. The molecule has 17 heavy (non-hydrogen) atoms. The minimum Gasteiger partial charge on any atom is -0.298 e. The summed E-state index contributed by atoms with van der Waals surface area (Å²) >= 11 is 0. The Hall–Kier alpha value is -1.37. The van der Waals surface area contributed by atoms with Crippen LogP contribution < -0.4 is 0 Å². The molecule has 0 aromatic heterocycles. The summed E-state index contributed by atoms with van der Waals surface area (Å²) in [7, 11) is 0. The van der Waals surface area contributed by atoms with Crippen molar-refractivity contribution in [3.05, 3.63) is 48.1 Å². The molecule has 0 amide bonds. The van der Waals surface area contributed by atoms with Crippen LogP contribution in [0, 0.1) is 5.92 Å². The first kappa shape index (κ1) is 15.6. The normalized spacial score (nSPS) is 15.1. The van der Waals surface area contributed by atoms with Gasteiger partial charge >= 0.3 is 0 Å². The standard InChI is InChI=1S/C16H24O/c1-4-5-6-7-8-9-11-15(2)12-10-13-16(3)14-17/h4-9,13-15H,10-12H2,1-3H3/b5-4+,7-6+,9-8+,16-13+/t15-/m0/s1. The molecule has 0 aliphatic rings. The third kappa shape index (κ3) is 10.9. The van der Waals surface area contributed by atoms with Crippen LogP contribution in [0.2, 0.25) is 0 Å². The van der Waals surface area contributed by atoms with Gasteiger partial charge in [-0.15, -0.1) is 0 Å². The van der Waals surface area contributed by atoms with Gasteiger partial charge in [0.15, 0.2) is 0 Å². The molecule has 0 radical (unpaired) electrons. The van der Waals surface area contributed by atoms with Crippen LogP contribution in [0.5, 0.6) is 0 Å². The van der Waals surface area contributed by atoms with Crippen LogP contribution in [-0.2, 0) is 4.79 Å². The van der Waals surface area contributed by atoms with Crippen molar-refractivity contribution in [2.45, 2.75) is 40.0 Å². The Morgan fingerprint density at radius 1 is 1.18 bits per heavy atom. The summed E-state index contributed by atoms with van der Waals surface area (Å²) in [5.41, 5.74) is 0.835. The number of carbonyl (C=O) groups is 1. The van der Waals surface area contributed by atoms with E-state index in [0.717, 1.165) is 31.1 Å². The molecule has 0 unspecified atom stereocenters. The summed E-state index contributed by atoms with van der Waals surface area (Å²) in [6.07, 6.45) is 18.5. The highest BCUT2D eigenvalue weighted by molar-refractivity contribution is 5.71. The molecule has 0 N–H and O–H groups in total. The van der Waals surface area contributed by atoms with E-state index in [1.54, 1.807) is 0 Å². The maximum Gasteiger partial charge on any atom is 0.145 e. The summed E-state index contributed by atoms with van der Waals surface area (Å²) in [4.78, 5) is 10.4. The lowest BCUT2D eigenvalue weighted by Gasteiger charge is -2.05. The number of hydrogen-bond acceptors (Lipinski definition) is 1. The lowest BCUT2D eigenvalue weighted by molar-refractivity contribution is -0.104. The fraction of sp³-hybridized carbons (Fsp3) is 0.438. The fourth-order valence-electron chi connectivity index (χ4n) is 1.39. The minimum atomic E-state index is 0.664. The van der Waals surface area contributed by atoms with Crippen LogP contribution in [0.25, 0.3) is 0 Å². The highest BCUT2D eigenvalue weighted by Crippen LogP contribution is 2.12. The van der Waals surface area contributed by atoms with Gasteiger partial charge in [-0.1, -0.05) is 49.5 Å². The molecule has 0 saturated carbocycles. The molecule has 0 aliphatic carbocycles. The van der Waals surface area contributed by atoms with Crippen molar-refractivity contribution in [1.82, 2.24) is 0 Å². The Bertz CT molecular complexity index is 305. The van der Waals surface area contributed by atoms with Gasteiger partial charge < -0.3 is 0 Å². The van der Waals surface area contributed by atoms with Crippen LogP contribution in [0.15, 0.2) is 48.1 Å². The maximum absolute atomic E-state index is 10.4. The SMILES string of the molecule is C/C=C/C=C/C=C/C[C@H](C)CC/C=C(\C)C=O. The predicted molar refractivity (Wildman–Crippen MR) is 75.9 cm³/mol. The molecule has 0 aromatic carbocycles. The van der Waals surface area contributed by atoms with Crippen LogP contribution in [-0.4, -0.2) is 6.29 Å². The summed E-state index contributed by atoms with van der Waals surface area (Å²) in [6, 6.07) is 0. The molecule has 0 spiro atoms. The zero-order valence-corrected chi connectivity index (χ0v) is 11.2. The Morgan fingerprint density at radius 3 is 2.53 bits per heavy atom. The van der Waals surface area contributed by atoms with Crippen molar-refractivity contribution in [1.29, 1.82) is 0 Å². The molecule has 0 aliphatic heterocycles. The first-order valence-corrected chi connectivity index (χ1v) is 6.27. The molecule has 0 rings (SSSR count). The molecule has 0 fully saturated rings. The average Bonchev–Trinajstić information content (AvgIpc) is 2.33. The molecular formula is C16H24O. The second-order valence-electron chi connectivity index (χ2n) is 4.32. The van der Waals surface area contributed by atoms with E-state index in [9.17, 15) is 4.79 Å². The lowest BCUT2D eigenvalue weighted by atomic mass is 10.0. The molecule has 1 atom stereocenters. The van der Waals surface area contributed by atoms with Gasteiger partial charge in [-0.3, -0.25) is 4.79 Å². The maximum atomic E-state index is 10.4. The van der Waals surface area contributed by atoms with E-state index in [4.69, 9.17) is 0 Å². The van der Waals surface area contributed by atoms with Crippen molar-refractivity contribution in [2.75, 3.05) is 0 Å². The number of rotatable bonds is 8. The molecule has 0 heterocycles. The molecule has 0 bridgehead atoms. The number of aldehydes is 1. The summed E-state index contributed by atoms with van der Waals surface area (Å²) < 4.78 is 0. The molecule has 0 aromatic rings. The van der Waals surface area contributed by atoms with Crippen LogP contribution >= 0.6 is 0 Å². The van der Waals surface area contributed by atoms with Crippen molar-refractivity contribution in [3.63, 3.8) is 0 Å². The van der Waals surface area contributed by atoms with Crippen LogP contribution in [0.4, 0.5) is 0 Å². The van der Waals surface area contributed by atoms with Crippen LogP contribution in [0.3, 0.4) is 0 Å². The average molecular weight is 232 g/mol. The number of hydrogen-bond donors (Lipinski definition) is 0. The van der Waals surface area contributed by atoms with E-state index < -0.39 is 0 Å². The third-order valence-electron chi connectivity index (χ3n) is 2.51. The minimum absolute atomic E-state index is 0.664. The quantitative estimate of drug-likeness (QED) is 0.339. The zero-order chi connectivity index (χ0) is 12.9. The third-order valence-corrected chi connectivity index (χ3v) is 2.51. The van der Waals surface area contributed by atoms with Gasteiger partial charge in [-0.05, 0) is 44.6 Å². The highest BCUT2D eigenvalue weighted by Gasteiger charge is 1.97. The van der Waals surface area contributed by atoms with Gasteiger partial charge in [0.2, 0.25) is 0 Å². The van der Waals surface area contributed by atoms with Gasteiger partial charge in [-0.25, -0.2) is 0 Å². The van der Waals surface area contributed by atoms with E-state index in [1.165, 1.54) is 0 Å². The topological polar surface area (TPSA) is 17.1 Å². The van der Waals surface area contributed by atoms with Crippen molar-refractivity contribution < 1.29 is 4.79 Å². The first-order valence-electron chi connectivity index (χ1n) is 6.27. The van der Waals surface area contributed by atoms with Gasteiger partial charge in [0, 0.05) is 0 Å². The number of allylic oxidation sites excluding steroid dienone is 8. The van der Waals surface area contributed by atoms with E-state index in [2.05, 4.69) is 19.1 Å². The fourth-order valence-corrected chi connectivity index (χ4v) is 1.39. The van der Waals surface area contributed by atoms with E-state index >= 15 is 0 Å². The first-order chi connectivity index (χ1) is 8.20. The predicted octanol–water partition coefficient (Wildman–Crippen LogP) is 4.63. The second kappa shape index (κ2) is 11.1. The zero-order valence-electron chi connectivity index (χ0n) is 11.2. The van der Waals surface area contributed by atoms with Crippen molar-refractivity contribution in [2.24, 2.45) is 5.92 Å². The molecule has 1 nitrogen and oxygen atoms in total. The molecular weight excluding hydrogens is 208 g/mol. The number of carbonyl (C=O) groups excluding carboxylic acids is 1. The van der Waals surface area contributed by atoms with Crippen molar-refractivity contribution >= 4 is 6.29 Å². The Kier molecular flexibility index (Phi) is 10.2. The second-order valence-corrected chi connectivity index (χ2v) is 4.32. The van der Waals surface area contributed by atoms with Crippen molar-refractivity contribution in [3.8, 4) is 0 Å². The smallest absolute Gasteiger partial charge is 0.145 e. The van der Waals surface area contributed by atoms with Gasteiger partial charge in [-0.2, -0.15) is 0 Å². The molecule has 1 heteroatoms. The van der Waals surface area contributed by atoms with Gasteiger partial charge in [0.1, 0.15) is 6.29 Å². The largest absolute Gasteiger partial charge is 0.298 e. The summed E-state index contributed by atoms with van der Waals surface area (Å²) in [5.74, 6) is 0.664. The summed E-state index contributed by atoms with van der Waals surface area (Å²) in [5, 5.41) is 0. The highest BCUT2D eigenvalue weighted by atomic mass is 16.1. The Labute approximate surface area is 106 Å². The van der Waals surface area contributed by atoms with E-state index in [1.807, 2.05) is 44.2 Å². The van der Waals surface area contributed by atoms with Gasteiger partial charge in [0.25, 0.3) is 0 Å². The van der Waals surface area contributed by atoms with E-state index in [0.29, 0.717) is 5.92 Å². The summed E-state index contributed by atoms with van der Waals surface area (Å²) in [6.45, 7) is 6.10. The Balaban J connectivity index is 3.72. The van der Waals surface area contributed by atoms with E-state index in [-0.39, 0.29) is 0 Å². The Morgan fingerprint density at radius 2 is 1.88 bits per heavy atom. The monoisotopic (exact) mass is 232 g/mol. The van der Waals surface area contributed by atoms with Gasteiger partial charge in [0.05, 0.1) is 0 Å².